The molecule has 2 atom stereocenters. The van der Waals surface area contributed by atoms with Crippen molar-refractivity contribution in [3.05, 3.63) is 0 Å². The molecular weight excluding hydrogens is 226 g/mol. The fourth-order valence-corrected chi connectivity index (χ4v) is 0.972. The molecule has 0 heterocycles. The zero-order valence-corrected chi connectivity index (χ0v) is 10.4. The Morgan fingerprint density at radius 3 is 1.76 bits per heavy atom. The van der Waals surface area contributed by atoms with Gasteiger partial charge in [0.15, 0.2) is 0 Å². The summed E-state index contributed by atoms with van der Waals surface area (Å²) in [6.45, 7) is 6.46. The number of hydrogen-bond donors (Lipinski definition) is 4. The largest absolute Gasteiger partial charge is 0.480 e. The molecule has 17 heavy (non-hydrogen) atoms. The van der Waals surface area contributed by atoms with E-state index in [4.69, 9.17) is 5.11 Å². The molecule has 0 aromatic heterocycles. The van der Waals surface area contributed by atoms with Gasteiger partial charge < -0.3 is 21.1 Å². The average Bonchev–Trinajstić information content (AvgIpc) is 2.15. The molecule has 0 rings (SSSR count). The standard InChI is InChI=1S/C10H19N3O4/c1-5(2)11-8(14)6(3)12-10(17)13-7(4)9(15)16/h5-7H,1-4H3,(H,11,14)(H,15,16)(H2,12,13,17)/t6?,7-/m0/s1. The number of rotatable bonds is 5. The van der Waals surface area contributed by atoms with E-state index in [1.807, 2.05) is 0 Å². The molecule has 0 saturated carbocycles. The van der Waals surface area contributed by atoms with Crippen LogP contribution in [-0.4, -0.2) is 41.1 Å². The number of carboxylic acid groups (broad SMARTS) is 1. The van der Waals surface area contributed by atoms with Gasteiger partial charge in [0.1, 0.15) is 12.1 Å². The van der Waals surface area contributed by atoms with Gasteiger partial charge in [0.05, 0.1) is 0 Å². The Hall–Kier alpha value is -1.79. The monoisotopic (exact) mass is 245 g/mol. The third-order valence-electron chi connectivity index (χ3n) is 1.89. The van der Waals surface area contributed by atoms with E-state index in [0.717, 1.165) is 0 Å². The van der Waals surface area contributed by atoms with E-state index >= 15 is 0 Å². The van der Waals surface area contributed by atoms with Crippen LogP contribution >= 0.6 is 0 Å². The summed E-state index contributed by atoms with van der Waals surface area (Å²) in [5.74, 6) is -1.46. The molecule has 0 aliphatic carbocycles. The van der Waals surface area contributed by atoms with Crippen molar-refractivity contribution < 1.29 is 19.5 Å². The highest BCUT2D eigenvalue weighted by Crippen LogP contribution is 1.87. The fourth-order valence-electron chi connectivity index (χ4n) is 0.972. The Bertz CT molecular complexity index is 304. The normalized spacial score (nSPS) is 13.7. The first kappa shape index (κ1) is 15.2. The zero-order chi connectivity index (χ0) is 13.6. The van der Waals surface area contributed by atoms with Crippen LogP contribution in [0, 0.1) is 0 Å². The van der Waals surface area contributed by atoms with Crippen LogP contribution in [0.2, 0.25) is 0 Å². The lowest BCUT2D eigenvalue weighted by Gasteiger charge is -2.17. The van der Waals surface area contributed by atoms with Gasteiger partial charge in [0.25, 0.3) is 0 Å². The quantitative estimate of drug-likeness (QED) is 0.532. The highest BCUT2D eigenvalue weighted by atomic mass is 16.4. The zero-order valence-electron chi connectivity index (χ0n) is 10.4. The van der Waals surface area contributed by atoms with Crippen LogP contribution < -0.4 is 16.0 Å². The summed E-state index contributed by atoms with van der Waals surface area (Å²) in [6.07, 6.45) is 0. The van der Waals surface area contributed by atoms with Crippen LogP contribution in [0.25, 0.3) is 0 Å². The molecule has 3 amide bonds. The minimum absolute atomic E-state index is 0.0206. The topological polar surface area (TPSA) is 108 Å². The molecule has 0 bridgehead atoms. The first-order chi connectivity index (χ1) is 7.73. The van der Waals surface area contributed by atoms with Crippen LogP contribution in [0.3, 0.4) is 0 Å². The minimum atomic E-state index is -1.14. The Morgan fingerprint density at radius 1 is 0.882 bits per heavy atom. The Kier molecular flexibility index (Phi) is 6.01. The average molecular weight is 245 g/mol. The summed E-state index contributed by atoms with van der Waals surface area (Å²) in [6, 6.07) is -2.44. The van der Waals surface area contributed by atoms with Crippen molar-refractivity contribution in [2.45, 2.75) is 45.8 Å². The maximum atomic E-state index is 11.4. The second kappa shape index (κ2) is 6.72. The number of urea groups is 1. The number of carbonyl (C=O) groups excluding carboxylic acids is 2. The maximum absolute atomic E-state index is 11.4. The fraction of sp³-hybridized carbons (Fsp3) is 0.700. The number of carbonyl (C=O) groups is 3. The summed E-state index contributed by atoms with van der Waals surface area (Å²) >= 11 is 0. The summed E-state index contributed by atoms with van der Waals surface area (Å²) in [7, 11) is 0. The molecule has 0 spiro atoms. The molecule has 0 saturated heterocycles. The smallest absolute Gasteiger partial charge is 0.325 e. The molecule has 0 aromatic rings. The molecule has 0 radical (unpaired) electrons. The number of nitrogens with one attached hydrogen (secondary N) is 3. The van der Waals surface area contributed by atoms with Crippen LogP contribution in [0.5, 0.6) is 0 Å². The molecule has 0 fully saturated rings. The summed E-state index contributed by atoms with van der Waals surface area (Å²) < 4.78 is 0. The van der Waals surface area contributed by atoms with E-state index in [1.165, 1.54) is 13.8 Å². The molecular formula is C10H19N3O4. The van der Waals surface area contributed by atoms with Crippen LogP contribution in [0.4, 0.5) is 4.79 Å². The van der Waals surface area contributed by atoms with Crippen LogP contribution in [-0.2, 0) is 9.59 Å². The molecule has 4 N–H and O–H groups in total. The van der Waals surface area contributed by atoms with Gasteiger partial charge in [-0.2, -0.15) is 0 Å². The Morgan fingerprint density at radius 2 is 1.35 bits per heavy atom. The van der Waals surface area contributed by atoms with E-state index in [1.54, 1.807) is 13.8 Å². The second-order valence-corrected chi connectivity index (χ2v) is 4.06. The molecule has 7 heteroatoms. The third-order valence-corrected chi connectivity index (χ3v) is 1.89. The van der Waals surface area contributed by atoms with E-state index in [-0.39, 0.29) is 11.9 Å². The van der Waals surface area contributed by atoms with E-state index in [9.17, 15) is 14.4 Å². The molecule has 0 aliphatic rings. The lowest BCUT2D eigenvalue weighted by atomic mass is 10.3. The Labute approximate surface area is 100.0 Å². The van der Waals surface area contributed by atoms with Gasteiger partial charge in [-0.05, 0) is 27.7 Å². The van der Waals surface area contributed by atoms with Gasteiger partial charge in [0, 0.05) is 6.04 Å². The van der Waals surface area contributed by atoms with E-state index < -0.39 is 24.1 Å². The summed E-state index contributed by atoms with van der Waals surface area (Å²) in [5.41, 5.74) is 0. The first-order valence-corrected chi connectivity index (χ1v) is 5.34. The number of amides is 3. The number of hydrogen-bond acceptors (Lipinski definition) is 3. The van der Waals surface area contributed by atoms with Gasteiger partial charge in [-0.25, -0.2) is 4.79 Å². The predicted molar refractivity (Wildman–Crippen MR) is 61.5 cm³/mol. The Balaban J connectivity index is 4.12. The lowest BCUT2D eigenvalue weighted by molar-refractivity contribution is -0.138. The van der Waals surface area contributed by atoms with Crippen LogP contribution in [0.15, 0.2) is 0 Å². The molecule has 0 aliphatic heterocycles. The van der Waals surface area contributed by atoms with Crippen molar-refractivity contribution in [1.82, 2.24) is 16.0 Å². The first-order valence-electron chi connectivity index (χ1n) is 5.34. The van der Waals surface area contributed by atoms with Gasteiger partial charge in [-0.15, -0.1) is 0 Å². The summed E-state index contributed by atoms with van der Waals surface area (Å²) in [5, 5.41) is 15.7. The van der Waals surface area contributed by atoms with Crippen molar-refractivity contribution in [3.63, 3.8) is 0 Å². The van der Waals surface area contributed by atoms with Crippen molar-refractivity contribution in [2.75, 3.05) is 0 Å². The SMILES string of the molecule is CC(C)NC(=O)C(C)NC(=O)N[C@@H](C)C(=O)O. The molecule has 7 nitrogen and oxygen atoms in total. The van der Waals surface area contributed by atoms with Gasteiger partial charge >= 0.3 is 12.0 Å². The molecule has 1 unspecified atom stereocenters. The molecule has 0 aromatic carbocycles. The van der Waals surface area contributed by atoms with Crippen molar-refractivity contribution in [2.24, 2.45) is 0 Å². The highest BCUT2D eigenvalue weighted by Gasteiger charge is 2.19. The highest BCUT2D eigenvalue weighted by molar-refractivity contribution is 5.88. The lowest BCUT2D eigenvalue weighted by Crippen LogP contribution is -2.52. The summed E-state index contributed by atoms with van der Waals surface area (Å²) in [4.78, 5) is 33.2. The maximum Gasteiger partial charge on any atom is 0.325 e. The third kappa shape index (κ3) is 6.39. The van der Waals surface area contributed by atoms with Crippen LogP contribution in [0.1, 0.15) is 27.7 Å². The van der Waals surface area contributed by atoms with Crippen molar-refractivity contribution in [3.8, 4) is 0 Å². The van der Waals surface area contributed by atoms with Crippen molar-refractivity contribution in [1.29, 1.82) is 0 Å². The predicted octanol–water partition coefficient (Wildman–Crippen LogP) is -0.328. The second-order valence-electron chi connectivity index (χ2n) is 4.06. The van der Waals surface area contributed by atoms with Crippen molar-refractivity contribution >= 4 is 17.9 Å². The minimum Gasteiger partial charge on any atom is -0.480 e. The number of carboxylic acids is 1. The molecule has 98 valence electrons. The van der Waals surface area contributed by atoms with Gasteiger partial charge in [-0.3, -0.25) is 9.59 Å². The van der Waals surface area contributed by atoms with Gasteiger partial charge in [0.2, 0.25) is 5.91 Å². The van der Waals surface area contributed by atoms with Gasteiger partial charge in [-0.1, -0.05) is 0 Å². The number of aliphatic carboxylic acids is 1. The van der Waals surface area contributed by atoms with E-state index in [0.29, 0.717) is 0 Å². The van der Waals surface area contributed by atoms with E-state index in [2.05, 4.69) is 16.0 Å².